The van der Waals surface area contributed by atoms with Gasteiger partial charge in [0, 0.05) is 26.2 Å². The lowest BCUT2D eigenvalue weighted by molar-refractivity contribution is -0.119. The van der Waals surface area contributed by atoms with Crippen molar-refractivity contribution in [3.63, 3.8) is 0 Å². The Kier molecular flexibility index (Phi) is 6.09. The summed E-state index contributed by atoms with van der Waals surface area (Å²) in [6.07, 6.45) is 2.27. The Balaban J connectivity index is 1.53. The number of anilines is 1. The van der Waals surface area contributed by atoms with Crippen LogP contribution in [0.15, 0.2) is 30.2 Å². The average Bonchev–Trinajstić information content (AvgIpc) is 3.17. The van der Waals surface area contributed by atoms with Gasteiger partial charge in [-0.25, -0.2) is 4.98 Å². The van der Waals surface area contributed by atoms with E-state index in [0.717, 1.165) is 55.0 Å². The van der Waals surface area contributed by atoms with Crippen molar-refractivity contribution in [3.8, 4) is 0 Å². The lowest BCUT2D eigenvalue weighted by Crippen LogP contribution is -2.40. The molecule has 0 N–H and O–H groups in total. The van der Waals surface area contributed by atoms with Crippen LogP contribution < -0.4 is 4.90 Å². The number of nitrogens with zero attached hydrogens (tertiary/aromatic N) is 3. The number of hydrogen-bond acceptors (Lipinski definition) is 7. The molecular weight excluding hydrogens is 378 g/mol. The molecule has 2 aliphatic rings. The molecule has 0 bridgehead atoms. The fraction of sp³-hybridized carbons (Fsp3) is 0.500. The minimum atomic E-state index is -0.196. The molecule has 0 radical (unpaired) electrons. The third-order valence-electron chi connectivity index (χ3n) is 4.91. The first-order valence-corrected chi connectivity index (χ1v) is 10.5. The van der Waals surface area contributed by atoms with Crippen molar-refractivity contribution >= 4 is 32.6 Å². The molecule has 0 spiro atoms. The number of ether oxygens (including phenoxy) is 3. The Bertz CT molecular complexity index is 860. The standard InChI is InChI=1S/C20H25N3O4S/c1-15-4-2-5-17-18(15)21-20(28-17)23(19(24)16-14-26-12-13-27-16)7-3-6-22-8-10-25-11-9-22/h2,4-5,14H,3,6-13H2,1H3. The van der Waals surface area contributed by atoms with Crippen LogP contribution in [0.4, 0.5) is 5.13 Å². The van der Waals surface area contributed by atoms with Crippen LogP contribution in [0.5, 0.6) is 0 Å². The van der Waals surface area contributed by atoms with E-state index in [0.29, 0.717) is 24.9 Å². The van der Waals surface area contributed by atoms with Crippen molar-refractivity contribution in [2.75, 3.05) is 57.5 Å². The molecule has 2 aromatic rings. The summed E-state index contributed by atoms with van der Waals surface area (Å²) in [5.74, 6) is 0.0481. The van der Waals surface area contributed by atoms with Crippen molar-refractivity contribution < 1.29 is 19.0 Å². The van der Waals surface area contributed by atoms with Crippen molar-refractivity contribution in [1.29, 1.82) is 0 Å². The second kappa shape index (κ2) is 8.89. The highest BCUT2D eigenvalue weighted by Crippen LogP contribution is 2.31. The fourth-order valence-electron chi connectivity index (χ4n) is 3.36. The van der Waals surface area contributed by atoms with Gasteiger partial charge in [-0.15, -0.1) is 0 Å². The van der Waals surface area contributed by atoms with Gasteiger partial charge in [-0.05, 0) is 25.0 Å². The number of morpholine rings is 1. The zero-order chi connectivity index (χ0) is 19.3. The van der Waals surface area contributed by atoms with E-state index in [1.807, 2.05) is 25.1 Å². The minimum absolute atomic E-state index is 0.196. The molecule has 1 aromatic carbocycles. The lowest BCUT2D eigenvalue weighted by atomic mass is 10.2. The van der Waals surface area contributed by atoms with Crippen molar-refractivity contribution in [2.45, 2.75) is 13.3 Å². The summed E-state index contributed by atoms with van der Waals surface area (Å²) in [5, 5.41) is 0.700. The quantitative estimate of drug-likeness (QED) is 0.739. The van der Waals surface area contributed by atoms with E-state index in [-0.39, 0.29) is 11.7 Å². The highest BCUT2D eigenvalue weighted by atomic mass is 32.1. The number of para-hydroxylation sites is 1. The molecular formula is C20H25N3O4S. The lowest BCUT2D eigenvalue weighted by Gasteiger charge is -2.28. The Morgan fingerprint density at radius 1 is 1.25 bits per heavy atom. The maximum absolute atomic E-state index is 13.1. The summed E-state index contributed by atoms with van der Waals surface area (Å²) in [7, 11) is 0. The van der Waals surface area contributed by atoms with Crippen LogP contribution in [0, 0.1) is 6.92 Å². The molecule has 7 nitrogen and oxygen atoms in total. The summed E-state index contributed by atoms with van der Waals surface area (Å²) in [6, 6.07) is 6.10. The van der Waals surface area contributed by atoms with E-state index in [1.54, 1.807) is 4.90 Å². The highest BCUT2D eigenvalue weighted by Gasteiger charge is 2.26. The highest BCUT2D eigenvalue weighted by molar-refractivity contribution is 7.22. The molecule has 3 heterocycles. The average molecular weight is 404 g/mol. The Labute approximate surface area is 168 Å². The fourth-order valence-corrected chi connectivity index (χ4v) is 4.43. The molecule has 1 aromatic heterocycles. The van der Waals surface area contributed by atoms with Crippen molar-refractivity contribution in [1.82, 2.24) is 9.88 Å². The van der Waals surface area contributed by atoms with E-state index in [1.165, 1.54) is 17.6 Å². The van der Waals surface area contributed by atoms with E-state index in [2.05, 4.69) is 4.90 Å². The summed E-state index contributed by atoms with van der Waals surface area (Å²) < 4.78 is 17.3. The van der Waals surface area contributed by atoms with Crippen molar-refractivity contribution in [2.24, 2.45) is 0 Å². The monoisotopic (exact) mass is 403 g/mol. The number of aromatic nitrogens is 1. The number of benzene rings is 1. The summed E-state index contributed by atoms with van der Waals surface area (Å²) in [4.78, 5) is 22.0. The molecule has 1 amide bonds. The molecule has 0 unspecified atom stereocenters. The maximum atomic E-state index is 13.1. The molecule has 28 heavy (non-hydrogen) atoms. The minimum Gasteiger partial charge on any atom is -0.494 e. The number of rotatable bonds is 6. The van der Waals surface area contributed by atoms with Crippen LogP contribution in [0.2, 0.25) is 0 Å². The first-order chi connectivity index (χ1) is 13.7. The number of carbonyl (C=O) groups excluding carboxylic acids is 1. The van der Waals surface area contributed by atoms with E-state index < -0.39 is 0 Å². The molecule has 4 rings (SSSR count). The number of amides is 1. The van der Waals surface area contributed by atoms with Gasteiger partial charge < -0.3 is 14.2 Å². The maximum Gasteiger partial charge on any atom is 0.298 e. The van der Waals surface area contributed by atoms with Crippen LogP contribution in [0.3, 0.4) is 0 Å². The number of aryl methyl sites for hydroxylation is 1. The Morgan fingerprint density at radius 2 is 2.11 bits per heavy atom. The van der Waals surface area contributed by atoms with Crippen LogP contribution in [-0.2, 0) is 19.0 Å². The molecule has 2 aliphatic heterocycles. The predicted molar refractivity (Wildman–Crippen MR) is 109 cm³/mol. The third kappa shape index (κ3) is 4.29. The van der Waals surface area contributed by atoms with Gasteiger partial charge in [-0.2, -0.15) is 0 Å². The van der Waals surface area contributed by atoms with E-state index >= 15 is 0 Å². The molecule has 0 aliphatic carbocycles. The third-order valence-corrected chi connectivity index (χ3v) is 5.95. The van der Waals surface area contributed by atoms with Gasteiger partial charge in [0.1, 0.15) is 19.5 Å². The van der Waals surface area contributed by atoms with Gasteiger partial charge in [0.25, 0.3) is 5.91 Å². The summed E-state index contributed by atoms with van der Waals surface area (Å²) in [5.41, 5.74) is 2.06. The Hall–Kier alpha value is -2.16. The Morgan fingerprint density at radius 3 is 2.86 bits per heavy atom. The predicted octanol–water partition coefficient (Wildman–Crippen LogP) is 2.55. The molecule has 1 saturated heterocycles. The summed E-state index contributed by atoms with van der Waals surface area (Å²) in [6.45, 7) is 7.83. The zero-order valence-electron chi connectivity index (χ0n) is 16.1. The zero-order valence-corrected chi connectivity index (χ0v) is 16.9. The van der Waals surface area contributed by atoms with Gasteiger partial charge in [0.05, 0.1) is 23.4 Å². The number of thiazole rings is 1. The van der Waals surface area contributed by atoms with Crippen LogP contribution in [0.1, 0.15) is 12.0 Å². The number of hydrogen-bond donors (Lipinski definition) is 0. The SMILES string of the molecule is Cc1cccc2sc(N(CCCN3CCOCC3)C(=O)C3=COCCO3)nc12. The second-order valence-electron chi connectivity index (χ2n) is 6.88. The largest absolute Gasteiger partial charge is 0.494 e. The normalized spacial score (nSPS) is 17.7. The van der Waals surface area contributed by atoms with Gasteiger partial charge in [-0.3, -0.25) is 14.6 Å². The van der Waals surface area contributed by atoms with Crippen molar-refractivity contribution in [3.05, 3.63) is 35.8 Å². The topological polar surface area (TPSA) is 64.1 Å². The van der Waals surface area contributed by atoms with Crippen LogP contribution >= 0.6 is 11.3 Å². The molecule has 1 fully saturated rings. The van der Waals surface area contributed by atoms with Crippen LogP contribution in [-0.4, -0.2) is 68.4 Å². The van der Waals surface area contributed by atoms with E-state index in [9.17, 15) is 4.79 Å². The number of carbonyl (C=O) groups is 1. The molecule has 0 saturated carbocycles. The van der Waals surface area contributed by atoms with Gasteiger partial charge in [-0.1, -0.05) is 23.5 Å². The van der Waals surface area contributed by atoms with Crippen LogP contribution in [0.25, 0.3) is 10.2 Å². The van der Waals surface area contributed by atoms with Gasteiger partial charge in [0.2, 0.25) is 5.76 Å². The number of fused-ring (bicyclic) bond motifs is 1. The smallest absolute Gasteiger partial charge is 0.298 e. The first-order valence-electron chi connectivity index (χ1n) is 9.65. The summed E-state index contributed by atoms with van der Waals surface area (Å²) >= 11 is 1.53. The second-order valence-corrected chi connectivity index (χ2v) is 7.89. The van der Waals surface area contributed by atoms with E-state index in [4.69, 9.17) is 19.2 Å². The molecule has 150 valence electrons. The molecule has 8 heteroatoms. The first kappa shape index (κ1) is 19.2. The molecule has 0 atom stereocenters. The van der Waals surface area contributed by atoms with Gasteiger partial charge >= 0.3 is 0 Å². The van der Waals surface area contributed by atoms with Gasteiger partial charge in [0.15, 0.2) is 5.13 Å².